The minimum absolute atomic E-state index is 0.178. The van der Waals surface area contributed by atoms with Gasteiger partial charge in [0.1, 0.15) is 29.0 Å². The van der Waals surface area contributed by atoms with E-state index in [0.717, 1.165) is 0 Å². The lowest BCUT2D eigenvalue weighted by molar-refractivity contribution is -0.121. The summed E-state index contributed by atoms with van der Waals surface area (Å²) in [5, 5.41) is 1.42. The monoisotopic (exact) mass is 473 g/mol. The van der Waals surface area contributed by atoms with Crippen LogP contribution in [-0.2, 0) is 4.79 Å². The van der Waals surface area contributed by atoms with Crippen LogP contribution in [0.5, 0.6) is 11.5 Å². The fourth-order valence-corrected chi connectivity index (χ4v) is 4.22. The molecule has 1 amide bonds. The molecule has 0 bridgehead atoms. The van der Waals surface area contributed by atoms with Gasteiger partial charge in [-0.25, -0.2) is 0 Å². The number of carbonyl (C=O) groups is 1. The second kappa shape index (κ2) is 9.37. The first-order valence-corrected chi connectivity index (χ1v) is 10.4. The van der Waals surface area contributed by atoms with Crippen molar-refractivity contribution in [3.05, 3.63) is 61.9 Å². The number of thiocarbonyl (C=S) groups is 1. The van der Waals surface area contributed by atoms with Crippen molar-refractivity contribution in [3.63, 3.8) is 0 Å². The van der Waals surface area contributed by atoms with Crippen LogP contribution in [0.25, 0.3) is 6.08 Å². The summed E-state index contributed by atoms with van der Waals surface area (Å²) < 4.78 is 11.9. The minimum atomic E-state index is -0.178. The summed E-state index contributed by atoms with van der Waals surface area (Å²) in [6, 6.07) is 10.3. The van der Waals surface area contributed by atoms with E-state index in [1.165, 1.54) is 16.7 Å². The van der Waals surface area contributed by atoms with Crippen molar-refractivity contribution < 1.29 is 14.3 Å². The number of rotatable bonds is 6. The second-order valence-corrected chi connectivity index (χ2v) is 8.65. The van der Waals surface area contributed by atoms with Crippen LogP contribution < -0.4 is 9.47 Å². The van der Waals surface area contributed by atoms with Gasteiger partial charge < -0.3 is 9.47 Å². The van der Waals surface area contributed by atoms with E-state index in [1.54, 1.807) is 49.5 Å². The van der Waals surface area contributed by atoms with Gasteiger partial charge in [0.15, 0.2) is 0 Å². The molecule has 0 radical (unpaired) electrons. The minimum Gasteiger partial charge on any atom is -0.490 e. The van der Waals surface area contributed by atoms with E-state index in [0.29, 0.717) is 48.0 Å². The van der Waals surface area contributed by atoms with Gasteiger partial charge in [-0.2, -0.15) is 0 Å². The number of ether oxygens (including phenoxy) is 2. The van der Waals surface area contributed by atoms with E-state index in [-0.39, 0.29) is 12.5 Å². The van der Waals surface area contributed by atoms with Crippen LogP contribution in [0.15, 0.2) is 41.3 Å². The molecule has 1 fully saturated rings. The first-order valence-electron chi connectivity index (χ1n) is 8.07. The molecule has 3 rings (SSSR count). The van der Waals surface area contributed by atoms with Crippen LogP contribution >= 0.6 is 58.8 Å². The molecule has 0 saturated carbocycles. The molecule has 0 N–H and O–H groups in total. The zero-order valence-electron chi connectivity index (χ0n) is 14.6. The van der Waals surface area contributed by atoms with Crippen LogP contribution in [0.2, 0.25) is 15.1 Å². The standard InChI is InChI=1S/C19H14Cl3NO3S2/c1-23-18(24)16(28-19(23)27)9-11-8-13(21)10-15(22)17(11)26-7-6-25-14-4-2-12(20)3-5-14/h2-5,8-10H,6-7H2,1H3/b16-9-. The molecule has 9 heteroatoms. The van der Waals surface area contributed by atoms with E-state index in [1.807, 2.05) is 0 Å². The Morgan fingerprint density at radius 1 is 1.07 bits per heavy atom. The van der Waals surface area contributed by atoms with Crippen molar-refractivity contribution in [2.75, 3.05) is 20.3 Å². The van der Waals surface area contributed by atoms with Gasteiger partial charge >= 0.3 is 0 Å². The zero-order chi connectivity index (χ0) is 20.3. The molecule has 1 aliphatic rings. The molecule has 1 aliphatic heterocycles. The number of hydrogen-bond donors (Lipinski definition) is 0. The highest BCUT2D eigenvalue weighted by Crippen LogP contribution is 2.37. The molecule has 1 heterocycles. The van der Waals surface area contributed by atoms with E-state index < -0.39 is 0 Å². The smallest absolute Gasteiger partial charge is 0.265 e. The average molecular weight is 475 g/mol. The third-order valence-electron chi connectivity index (χ3n) is 3.72. The number of thioether (sulfide) groups is 1. The third kappa shape index (κ3) is 5.13. The van der Waals surface area contributed by atoms with Crippen LogP contribution in [0.3, 0.4) is 0 Å². The number of hydrogen-bond acceptors (Lipinski definition) is 5. The number of halogens is 3. The lowest BCUT2D eigenvalue weighted by Gasteiger charge is -2.13. The fourth-order valence-electron chi connectivity index (χ4n) is 2.36. The molecule has 2 aromatic rings. The molecule has 4 nitrogen and oxygen atoms in total. The maximum Gasteiger partial charge on any atom is 0.265 e. The van der Waals surface area contributed by atoms with Crippen molar-refractivity contribution in [2.45, 2.75) is 0 Å². The molecule has 0 aromatic heterocycles. The highest BCUT2D eigenvalue weighted by molar-refractivity contribution is 8.26. The first kappa shape index (κ1) is 21.3. The van der Waals surface area contributed by atoms with Gasteiger partial charge in [0, 0.05) is 22.7 Å². The summed E-state index contributed by atoms with van der Waals surface area (Å²) in [5.74, 6) is 0.928. The fraction of sp³-hybridized carbons (Fsp3) is 0.158. The van der Waals surface area contributed by atoms with Gasteiger partial charge in [-0.3, -0.25) is 9.69 Å². The van der Waals surface area contributed by atoms with Crippen molar-refractivity contribution >= 4 is 75.1 Å². The molecular weight excluding hydrogens is 461 g/mol. The quantitative estimate of drug-likeness (QED) is 0.294. The first-order chi connectivity index (χ1) is 13.3. The molecule has 1 saturated heterocycles. The van der Waals surface area contributed by atoms with Crippen LogP contribution in [-0.4, -0.2) is 35.4 Å². The maximum absolute atomic E-state index is 12.3. The Hall–Kier alpha value is -1.44. The van der Waals surface area contributed by atoms with E-state index in [4.69, 9.17) is 56.5 Å². The van der Waals surface area contributed by atoms with Crippen molar-refractivity contribution in [1.82, 2.24) is 4.90 Å². The third-order valence-corrected chi connectivity index (χ3v) is 5.96. The normalized spacial score (nSPS) is 15.4. The molecule has 146 valence electrons. The predicted octanol–water partition coefficient (Wildman–Crippen LogP) is 5.94. The average Bonchev–Trinajstić information content (AvgIpc) is 2.88. The molecule has 0 atom stereocenters. The van der Waals surface area contributed by atoms with Crippen molar-refractivity contribution in [2.24, 2.45) is 0 Å². The SMILES string of the molecule is CN1C(=O)/C(=C/c2cc(Cl)cc(Cl)c2OCCOc2ccc(Cl)cc2)SC1=S. The largest absolute Gasteiger partial charge is 0.490 e. The highest BCUT2D eigenvalue weighted by atomic mass is 35.5. The maximum atomic E-state index is 12.3. The summed E-state index contributed by atoms with van der Waals surface area (Å²) in [6.45, 7) is 0.552. The van der Waals surface area contributed by atoms with Gasteiger partial charge in [-0.05, 0) is 42.5 Å². The van der Waals surface area contributed by atoms with Gasteiger partial charge in [0.05, 0.1) is 9.93 Å². The molecule has 0 spiro atoms. The van der Waals surface area contributed by atoms with E-state index >= 15 is 0 Å². The summed E-state index contributed by atoms with van der Waals surface area (Å²) in [5.41, 5.74) is 0.595. The Morgan fingerprint density at radius 2 is 1.75 bits per heavy atom. The Bertz CT molecular complexity index is 948. The van der Waals surface area contributed by atoms with E-state index in [9.17, 15) is 4.79 Å². The Labute approximate surface area is 187 Å². The Morgan fingerprint density at radius 3 is 2.39 bits per heavy atom. The topological polar surface area (TPSA) is 38.8 Å². The van der Waals surface area contributed by atoms with Crippen LogP contribution in [0.1, 0.15) is 5.56 Å². The van der Waals surface area contributed by atoms with Gasteiger partial charge in [-0.1, -0.05) is 58.8 Å². The Balaban J connectivity index is 1.73. The number of likely N-dealkylation sites (N-methyl/N-ethyl adjacent to an activating group) is 1. The van der Waals surface area contributed by atoms with Gasteiger partial charge in [-0.15, -0.1) is 0 Å². The lowest BCUT2D eigenvalue weighted by atomic mass is 10.2. The molecule has 0 aliphatic carbocycles. The van der Waals surface area contributed by atoms with E-state index in [2.05, 4.69) is 0 Å². The number of nitrogens with zero attached hydrogens (tertiary/aromatic N) is 1. The second-order valence-electron chi connectivity index (χ2n) is 5.70. The summed E-state index contributed by atoms with van der Waals surface area (Å²) >= 11 is 24.6. The summed E-state index contributed by atoms with van der Waals surface area (Å²) in [6.07, 6.45) is 1.68. The molecule has 2 aromatic carbocycles. The van der Waals surface area contributed by atoms with Crippen LogP contribution in [0, 0.1) is 0 Å². The highest BCUT2D eigenvalue weighted by Gasteiger charge is 2.29. The Kier molecular flexibility index (Phi) is 7.12. The zero-order valence-corrected chi connectivity index (χ0v) is 18.5. The summed E-state index contributed by atoms with van der Waals surface area (Å²) in [4.78, 5) is 14.2. The predicted molar refractivity (Wildman–Crippen MR) is 120 cm³/mol. The van der Waals surface area contributed by atoms with Gasteiger partial charge in [0.25, 0.3) is 5.91 Å². The molecule has 28 heavy (non-hydrogen) atoms. The lowest BCUT2D eigenvalue weighted by Crippen LogP contribution is -2.22. The molecule has 0 unspecified atom stereocenters. The number of amides is 1. The van der Waals surface area contributed by atoms with Crippen molar-refractivity contribution in [3.8, 4) is 11.5 Å². The molecular formula is C19H14Cl3NO3S2. The number of carbonyl (C=O) groups excluding carboxylic acids is 1. The number of benzene rings is 2. The van der Waals surface area contributed by atoms with Crippen molar-refractivity contribution in [1.29, 1.82) is 0 Å². The van der Waals surface area contributed by atoms with Crippen LogP contribution in [0.4, 0.5) is 0 Å². The summed E-state index contributed by atoms with van der Waals surface area (Å²) in [7, 11) is 1.63. The van der Waals surface area contributed by atoms with Gasteiger partial charge in [0.2, 0.25) is 0 Å².